The first kappa shape index (κ1) is 15.0. The molecule has 0 aliphatic carbocycles. The van der Waals surface area contributed by atoms with E-state index in [-0.39, 0.29) is 11.9 Å². The Morgan fingerprint density at radius 3 is 2.75 bits per heavy atom. The molecule has 20 heavy (non-hydrogen) atoms. The van der Waals surface area contributed by atoms with Crippen LogP contribution >= 0.6 is 0 Å². The minimum absolute atomic E-state index is 0.199. The van der Waals surface area contributed by atoms with Crippen molar-refractivity contribution in [2.24, 2.45) is 0 Å². The van der Waals surface area contributed by atoms with Crippen LogP contribution in [-0.4, -0.2) is 60.4 Å². The number of carbonyl (C=O) groups excluding carboxylic acids is 1. The molecule has 0 aromatic carbocycles. The normalized spacial score (nSPS) is 21.1. The van der Waals surface area contributed by atoms with Gasteiger partial charge in [-0.05, 0) is 6.92 Å². The molecule has 1 aliphatic heterocycles. The second-order valence-corrected chi connectivity index (χ2v) is 6.89. The van der Waals surface area contributed by atoms with Crippen molar-refractivity contribution in [1.82, 2.24) is 14.2 Å². The van der Waals surface area contributed by atoms with Crippen molar-refractivity contribution in [2.45, 2.75) is 26.3 Å². The summed E-state index contributed by atoms with van der Waals surface area (Å²) in [4.78, 5) is 18.0. The van der Waals surface area contributed by atoms with Crippen molar-refractivity contribution < 1.29 is 17.6 Å². The zero-order valence-corrected chi connectivity index (χ0v) is 12.7. The van der Waals surface area contributed by atoms with Crippen LogP contribution in [0.25, 0.3) is 0 Å². The van der Waals surface area contributed by atoms with Crippen molar-refractivity contribution >= 4 is 15.9 Å². The van der Waals surface area contributed by atoms with E-state index in [0.717, 1.165) is 0 Å². The maximum atomic E-state index is 12.4. The van der Waals surface area contributed by atoms with Crippen LogP contribution in [-0.2, 0) is 16.4 Å². The van der Waals surface area contributed by atoms with Crippen LogP contribution in [0.3, 0.4) is 0 Å². The molecule has 0 N–H and O–H groups in total. The zero-order valence-electron chi connectivity index (χ0n) is 11.9. The summed E-state index contributed by atoms with van der Waals surface area (Å²) in [5.74, 6) is 0.365. The molecule has 0 unspecified atom stereocenters. The van der Waals surface area contributed by atoms with Crippen molar-refractivity contribution in [3.05, 3.63) is 17.8 Å². The molecule has 1 amide bonds. The first-order chi connectivity index (χ1) is 9.34. The molecule has 0 saturated carbocycles. The Kier molecular flexibility index (Phi) is 4.14. The number of piperazine rings is 1. The van der Waals surface area contributed by atoms with Crippen LogP contribution < -0.4 is 0 Å². The van der Waals surface area contributed by atoms with Gasteiger partial charge < -0.3 is 9.32 Å². The second kappa shape index (κ2) is 5.53. The number of aromatic nitrogens is 1. The van der Waals surface area contributed by atoms with Crippen molar-refractivity contribution in [3.8, 4) is 0 Å². The lowest BCUT2D eigenvalue weighted by atomic mass is 10.2. The van der Waals surface area contributed by atoms with E-state index >= 15 is 0 Å². The second-order valence-electron chi connectivity index (χ2n) is 4.95. The quantitative estimate of drug-likeness (QED) is 0.804. The van der Waals surface area contributed by atoms with Crippen LogP contribution in [0.5, 0.6) is 0 Å². The Hall–Kier alpha value is -1.41. The molecule has 1 fully saturated rings. The van der Waals surface area contributed by atoms with E-state index < -0.39 is 10.0 Å². The lowest BCUT2D eigenvalue weighted by Crippen LogP contribution is -2.55. The SMILES string of the molecule is CCc1ocnc1C(=O)N1CCN(S(C)(=O)=O)[C@@H](C)C1. The highest BCUT2D eigenvalue weighted by Crippen LogP contribution is 2.17. The Labute approximate surface area is 118 Å². The van der Waals surface area contributed by atoms with Gasteiger partial charge in [-0.15, -0.1) is 0 Å². The molecule has 2 rings (SSSR count). The van der Waals surface area contributed by atoms with Crippen LogP contribution in [0.2, 0.25) is 0 Å². The third-order valence-electron chi connectivity index (χ3n) is 3.44. The minimum atomic E-state index is -3.23. The molecule has 0 spiro atoms. The Balaban J connectivity index is 2.12. The van der Waals surface area contributed by atoms with Gasteiger partial charge in [0.25, 0.3) is 5.91 Å². The summed E-state index contributed by atoms with van der Waals surface area (Å²) in [6.45, 7) is 4.73. The van der Waals surface area contributed by atoms with E-state index in [1.807, 2.05) is 6.92 Å². The number of nitrogens with zero attached hydrogens (tertiary/aromatic N) is 3. The first-order valence-electron chi connectivity index (χ1n) is 6.53. The van der Waals surface area contributed by atoms with E-state index in [1.54, 1.807) is 11.8 Å². The smallest absolute Gasteiger partial charge is 0.276 e. The Bertz CT molecular complexity index is 596. The van der Waals surface area contributed by atoms with Crippen LogP contribution in [0.4, 0.5) is 0 Å². The van der Waals surface area contributed by atoms with Gasteiger partial charge in [0, 0.05) is 32.1 Å². The predicted molar refractivity (Wildman–Crippen MR) is 72.8 cm³/mol. The fourth-order valence-electron chi connectivity index (χ4n) is 2.46. The Morgan fingerprint density at radius 2 is 2.20 bits per heavy atom. The third kappa shape index (κ3) is 2.85. The lowest BCUT2D eigenvalue weighted by Gasteiger charge is -2.38. The maximum Gasteiger partial charge on any atom is 0.276 e. The van der Waals surface area contributed by atoms with Crippen molar-refractivity contribution in [1.29, 1.82) is 0 Å². The molecule has 8 heteroatoms. The molecule has 2 heterocycles. The number of rotatable bonds is 3. The van der Waals surface area contributed by atoms with Gasteiger partial charge >= 0.3 is 0 Å². The molecule has 112 valence electrons. The van der Waals surface area contributed by atoms with Gasteiger partial charge in [0.05, 0.1) is 6.26 Å². The summed E-state index contributed by atoms with van der Waals surface area (Å²) in [5, 5.41) is 0. The van der Waals surface area contributed by atoms with Crippen molar-refractivity contribution in [3.63, 3.8) is 0 Å². The van der Waals surface area contributed by atoms with Crippen LogP contribution in [0.15, 0.2) is 10.8 Å². The zero-order chi connectivity index (χ0) is 14.9. The highest BCUT2D eigenvalue weighted by Gasteiger charge is 2.33. The summed E-state index contributed by atoms with van der Waals surface area (Å²) in [6, 6.07) is -0.236. The van der Waals surface area contributed by atoms with Gasteiger partial charge in [0.15, 0.2) is 12.1 Å². The third-order valence-corrected chi connectivity index (χ3v) is 4.84. The molecule has 0 bridgehead atoms. The molecular weight excluding hydrogens is 282 g/mol. The maximum absolute atomic E-state index is 12.4. The predicted octanol–water partition coefficient (Wildman–Crippen LogP) is 0.343. The summed E-state index contributed by atoms with van der Waals surface area (Å²) in [7, 11) is -3.23. The van der Waals surface area contributed by atoms with Gasteiger partial charge in [0.1, 0.15) is 5.76 Å². The number of sulfonamides is 1. The van der Waals surface area contributed by atoms with Crippen molar-refractivity contribution in [2.75, 3.05) is 25.9 Å². The van der Waals surface area contributed by atoms with E-state index in [2.05, 4.69) is 4.98 Å². The van der Waals surface area contributed by atoms with E-state index in [4.69, 9.17) is 4.42 Å². The van der Waals surface area contributed by atoms with E-state index in [0.29, 0.717) is 37.5 Å². The van der Waals surface area contributed by atoms with E-state index in [9.17, 15) is 13.2 Å². The fourth-order valence-corrected chi connectivity index (χ4v) is 3.60. The molecule has 1 saturated heterocycles. The minimum Gasteiger partial charge on any atom is -0.448 e. The average Bonchev–Trinajstić information content (AvgIpc) is 2.84. The molecule has 0 radical (unpaired) electrons. The molecular formula is C12H19N3O4S. The van der Waals surface area contributed by atoms with Gasteiger partial charge in [-0.1, -0.05) is 6.92 Å². The molecule has 7 nitrogen and oxygen atoms in total. The van der Waals surface area contributed by atoms with Gasteiger partial charge in [-0.3, -0.25) is 4.79 Å². The average molecular weight is 301 g/mol. The number of amides is 1. The molecule has 1 atom stereocenters. The van der Waals surface area contributed by atoms with Crippen LogP contribution in [0, 0.1) is 0 Å². The standard InChI is InChI=1S/C12H19N3O4S/c1-4-10-11(13-8-19-10)12(16)14-5-6-15(9(2)7-14)20(3,17)18/h8-9H,4-7H2,1-3H3/t9-/m0/s1. The summed E-state index contributed by atoms with van der Waals surface area (Å²) in [5.41, 5.74) is 0.326. The van der Waals surface area contributed by atoms with Gasteiger partial charge in [0.2, 0.25) is 10.0 Å². The largest absolute Gasteiger partial charge is 0.448 e. The highest BCUT2D eigenvalue weighted by molar-refractivity contribution is 7.88. The number of oxazole rings is 1. The van der Waals surface area contributed by atoms with Gasteiger partial charge in [-0.25, -0.2) is 13.4 Å². The summed E-state index contributed by atoms with van der Waals surface area (Å²) in [6.07, 6.45) is 3.05. The van der Waals surface area contributed by atoms with Gasteiger partial charge in [-0.2, -0.15) is 4.31 Å². The number of aryl methyl sites for hydroxylation is 1. The summed E-state index contributed by atoms with van der Waals surface area (Å²) < 4.78 is 29.8. The molecule has 1 aromatic rings. The highest BCUT2D eigenvalue weighted by atomic mass is 32.2. The first-order valence-corrected chi connectivity index (χ1v) is 8.37. The van der Waals surface area contributed by atoms with Crippen LogP contribution in [0.1, 0.15) is 30.1 Å². The fraction of sp³-hybridized carbons (Fsp3) is 0.667. The lowest BCUT2D eigenvalue weighted by molar-refractivity contribution is 0.0635. The number of carbonyl (C=O) groups is 1. The Morgan fingerprint density at radius 1 is 1.50 bits per heavy atom. The summed E-state index contributed by atoms with van der Waals surface area (Å²) >= 11 is 0. The number of hydrogen-bond acceptors (Lipinski definition) is 5. The number of hydrogen-bond donors (Lipinski definition) is 0. The topological polar surface area (TPSA) is 83.7 Å². The molecule has 1 aliphatic rings. The van der Waals surface area contributed by atoms with E-state index in [1.165, 1.54) is 17.0 Å². The monoisotopic (exact) mass is 301 g/mol. The molecule has 1 aromatic heterocycles.